The van der Waals surface area contributed by atoms with Gasteiger partial charge in [-0.1, -0.05) is 61.9 Å². The first kappa shape index (κ1) is 24.3. The number of nitrogens with one attached hydrogen (secondary N) is 2. The zero-order valence-corrected chi connectivity index (χ0v) is 18.9. The summed E-state index contributed by atoms with van der Waals surface area (Å²) < 4.78 is 10.6. The molecule has 0 saturated carbocycles. The van der Waals surface area contributed by atoms with E-state index >= 15 is 0 Å². The van der Waals surface area contributed by atoms with Crippen LogP contribution in [-0.2, 0) is 19.1 Å². The molecule has 1 aliphatic carbocycles. The highest BCUT2D eigenvalue weighted by Crippen LogP contribution is 2.44. The molecular weight excluding hydrogens is 424 g/mol. The largest absolute Gasteiger partial charge is 0.481 e. The van der Waals surface area contributed by atoms with Gasteiger partial charge in [0, 0.05) is 19.1 Å². The summed E-state index contributed by atoms with van der Waals surface area (Å²) in [7, 11) is 1.42. The van der Waals surface area contributed by atoms with E-state index in [1.165, 1.54) is 7.11 Å². The summed E-state index contributed by atoms with van der Waals surface area (Å²) in [6, 6.07) is 14.5. The number of hydrogen-bond donors (Lipinski definition) is 3. The van der Waals surface area contributed by atoms with Crippen molar-refractivity contribution in [1.82, 2.24) is 10.6 Å². The fraction of sp³-hybridized carbons (Fsp3) is 0.400. The normalized spacial score (nSPS) is 14.0. The van der Waals surface area contributed by atoms with E-state index in [1.54, 1.807) is 0 Å². The highest BCUT2D eigenvalue weighted by molar-refractivity contribution is 5.86. The second-order valence-corrected chi connectivity index (χ2v) is 8.07. The van der Waals surface area contributed by atoms with E-state index in [1.807, 2.05) is 43.3 Å². The summed E-state index contributed by atoms with van der Waals surface area (Å²) in [5, 5.41) is 14.3. The van der Waals surface area contributed by atoms with Gasteiger partial charge in [-0.15, -0.1) is 0 Å². The summed E-state index contributed by atoms with van der Waals surface area (Å²) in [6.45, 7) is 1.96. The summed E-state index contributed by atoms with van der Waals surface area (Å²) >= 11 is 0. The second kappa shape index (κ2) is 11.5. The van der Waals surface area contributed by atoms with Crippen molar-refractivity contribution in [2.75, 3.05) is 20.3 Å². The summed E-state index contributed by atoms with van der Waals surface area (Å²) in [5.41, 5.74) is 4.43. The third-order valence-electron chi connectivity index (χ3n) is 5.69. The zero-order valence-electron chi connectivity index (χ0n) is 18.9. The molecule has 0 spiro atoms. The van der Waals surface area contributed by atoms with Crippen LogP contribution in [0.25, 0.3) is 11.1 Å². The minimum Gasteiger partial charge on any atom is -0.481 e. The number of amides is 2. The van der Waals surface area contributed by atoms with E-state index < -0.39 is 30.1 Å². The molecule has 8 heteroatoms. The van der Waals surface area contributed by atoms with Crippen LogP contribution in [0.5, 0.6) is 0 Å². The van der Waals surface area contributed by atoms with Gasteiger partial charge < -0.3 is 25.2 Å². The van der Waals surface area contributed by atoms with Crippen LogP contribution >= 0.6 is 0 Å². The Bertz CT molecular complexity index is 947. The molecule has 33 heavy (non-hydrogen) atoms. The number of fused-ring (bicyclic) bond motifs is 3. The van der Waals surface area contributed by atoms with Crippen LogP contribution in [0, 0.1) is 0 Å². The lowest BCUT2D eigenvalue weighted by Crippen LogP contribution is -2.52. The van der Waals surface area contributed by atoms with Gasteiger partial charge in [0.25, 0.3) is 0 Å². The fourth-order valence-corrected chi connectivity index (χ4v) is 4.22. The van der Waals surface area contributed by atoms with E-state index in [4.69, 9.17) is 14.6 Å². The van der Waals surface area contributed by atoms with Crippen LogP contribution in [0.4, 0.5) is 4.79 Å². The van der Waals surface area contributed by atoms with Crippen molar-refractivity contribution in [2.24, 2.45) is 0 Å². The molecule has 0 radical (unpaired) electrons. The van der Waals surface area contributed by atoms with Crippen LogP contribution in [-0.4, -0.2) is 55.5 Å². The van der Waals surface area contributed by atoms with Gasteiger partial charge in [0.05, 0.1) is 13.0 Å². The summed E-state index contributed by atoms with van der Waals surface area (Å²) in [5.74, 6) is -1.60. The van der Waals surface area contributed by atoms with Crippen molar-refractivity contribution in [1.29, 1.82) is 0 Å². The van der Waals surface area contributed by atoms with E-state index in [2.05, 4.69) is 22.8 Å². The molecule has 2 atom stereocenters. The predicted molar refractivity (Wildman–Crippen MR) is 123 cm³/mol. The quantitative estimate of drug-likeness (QED) is 0.480. The van der Waals surface area contributed by atoms with Crippen LogP contribution in [0.2, 0.25) is 0 Å². The van der Waals surface area contributed by atoms with Gasteiger partial charge in [0.15, 0.2) is 0 Å². The molecule has 3 N–H and O–H groups in total. The van der Waals surface area contributed by atoms with Gasteiger partial charge in [-0.05, 0) is 28.7 Å². The number of rotatable bonds is 11. The molecule has 2 amide bonds. The monoisotopic (exact) mass is 454 g/mol. The number of methoxy groups -OCH3 is 1. The predicted octanol–water partition coefficient (Wildman–Crippen LogP) is 3.30. The number of carboxylic acids is 1. The number of aliphatic carboxylic acids is 1. The Morgan fingerprint density at radius 2 is 1.61 bits per heavy atom. The van der Waals surface area contributed by atoms with Crippen molar-refractivity contribution >= 4 is 18.0 Å². The molecule has 2 aromatic rings. The molecule has 8 nitrogen and oxygen atoms in total. The Balaban J connectivity index is 1.62. The van der Waals surface area contributed by atoms with Crippen LogP contribution in [0.15, 0.2) is 48.5 Å². The smallest absolute Gasteiger partial charge is 0.407 e. The molecule has 0 aliphatic heterocycles. The molecule has 0 saturated heterocycles. The van der Waals surface area contributed by atoms with Gasteiger partial charge in [-0.25, -0.2) is 4.79 Å². The number of carboxylic acid groups (broad SMARTS) is 1. The minimum atomic E-state index is -1.00. The number of ether oxygens (including phenoxy) is 2. The first-order valence-corrected chi connectivity index (χ1v) is 11.1. The third kappa shape index (κ3) is 6.10. The van der Waals surface area contributed by atoms with Crippen molar-refractivity contribution in [3.8, 4) is 11.1 Å². The lowest BCUT2D eigenvalue weighted by Gasteiger charge is -2.22. The molecule has 176 valence electrons. The van der Waals surface area contributed by atoms with E-state index in [-0.39, 0.29) is 25.6 Å². The zero-order chi connectivity index (χ0) is 23.8. The van der Waals surface area contributed by atoms with Crippen molar-refractivity contribution in [3.63, 3.8) is 0 Å². The molecule has 1 aliphatic rings. The lowest BCUT2D eigenvalue weighted by atomic mass is 9.98. The Morgan fingerprint density at radius 1 is 1.00 bits per heavy atom. The lowest BCUT2D eigenvalue weighted by molar-refractivity contribution is -0.137. The first-order chi connectivity index (χ1) is 15.9. The third-order valence-corrected chi connectivity index (χ3v) is 5.69. The van der Waals surface area contributed by atoms with Crippen molar-refractivity contribution in [2.45, 2.75) is 44.2 Å². The van der Waals surface area contributed by atoms with Crippen LogP contribution < -0.4 is 10.6 Å². The van der Waals surface area contributed by atoms with Gasteiger partial charge >= 0.3 is 12.1 Å². The SMILES string of the molecule is CCCC(CC(=O)O)NC(=O)[C@H](COC)NC(=O)OCC1c2ccccc2-c2ccccc21. The van der Waals surface area contributed by atoms with Crippen molar-refractivity contribution in [3.05, 3.63) is 59.7 Å². The summed E-state index contributed by atoms with van der Waals surface area (Å²) in [6.07, 6.45) is 0.305. The Kier molecular flexibility index (Phi) is 8.43. The second-order valence-electron chi connectivity index (χ2n) is 8.07. The van der Waals surface area contributed by atoms with Gasteiger partial charge in [0.2, 0.25) is 5.91 Å². The first-order valence-electron chi connectivity index (χ1n) is 11.1. The molecule has 0 fully saturated rings. The maximum Gasteiger partial charge on any atom is 0.407 e. The number of benzene rings is 2. The van der Waals surface area contributed by atoms with Gasteiger partial charge in [-0.3, -0.25) is 9.59 Å². The average Bonchev–Trinajstić information content (AvgIpc) is 3.11. The van der Waals surface area contributed by atoms with E-state index in [9.17, 15) is 14.4 Å². The Hall–Kier alpha value is -3.39. The molecule has 0 heterocycles. The van der Waals surface area contributed by atoms with E-state index in [0.29, 0.717) is 12.8 Å². The minimum absolute atomic E-state index is 0.0675. The molecule has 0 aromatic heterocycles. The number of hydrogen-bond acceptors (Lipinski definition) is 5. The molecule has 3 rings (SSSR count). The Labute approximate surface area is 193 Å². The van der Waals surface area contributed by atoms with Gasteiger partial charge in [0.1, 0.15) is 12.6 Å². The van der Waals surface area contributed by atoms with Crippen LogP contribution in [0.3, 0.4) is 0 Å². The van der Waals surface area contributed by atoms with Crippen molar-refractivity contribution < 1.29 is 29.0 Å². The van der Waals surface area contributed by atoms with E-state index in [0.717, 1.165) is 22.3 Å². The number of alkyl carbamates (subject to hydrolysis) is 1. The number of carbonyl (C=O) groups excluding carboxylic acids is 2. The highest BCUT2D eigenvalue weighted by atomic mass is 16.5. The standard InChI is InChI=1S/C25H30N2O6/c1-3-8-16(13-23(28)29)26-24(30)22(15-32-2)27-25(31)33-14-21-19-11-6-4-9-17(19)18-10-5-7-12-20(18)21/h4-7,9-12,16,21-22H,3,8,13-15H2,1-2H3,(H,26,30)(H,27,31)(H,28,29)/t16?,22-/m0/s1. The maximum atomic E-state index is 12.7. The fourth-order valence-electron chi connectivity index (χ4n) is 4.22. The molecule has 2 aromatic carbocycles. The molecule has 0 bridgehead atoms. The summed E-state index contributed by atoms with van der Waals surface area (Å²) in [4.78, 5) is 36.3. The highest BCUT2D eigenvalue weighted by Gasteiger charge is 2.30. The number of carbonyl (C=O) groups is 3. The molecular formula is C25H30N2O6. The van der Waals surface area contributed by atoms with Gasteiger partial charge in [-0.2, -0.15) is 0 Å². The molecule has 1 unspecified atom stereocenters. The van der Waals surface area contributed by atoms with Crippen LogP contribution in [0.1, 0.15) is 43.2 Å². The average molecular weight is 455 g/mol. The maximum absolute atomic E-state index is 12.7. The topological polar surface area (TPSA) is 114 Å². The Morgan fingerprint density at radius 3 is 2.15 bits per heavy atom.